The molecule has 0 saturated carbocycles. The Morgan fingerprint density at radius 2 is 1.88 bits per heavy atom. The van der Waals surface area contributed by atoms with E-state index in [4.69, 9.17) is 5.11 Å². The van der Waals surface area contributed by atoms with Crippen LogP contribution < -0.4 is 0 Å². The van der Waals surface area contributed by atoms with Crippen LogP contribution in [0.25, 0.3) is 27.8 Å². The molecule has 0 radical (unpaired) electrons. The summed E-state index contributed by atoms with van der Waals surface area (Å²) in [7, 11) is 1.86. The van der Waals surface area contributed by atoms with Gasteiger partial charge in [0.1, 0.15) is 23.8 Å². The second-order valence-corrected chi connectivity index (χ2v) is 5.82. The fourth-order valence-electron chi connectivity index (χ4n) is 2.89. The number of rotatable bonds is 4. The zero-order valence-corrected chi connectivity index (χ0v) is 13.2. The van der Waals surface area contributed by atoms with Crippen LogP contribution in [0.3, 0.4) is 0 Å². The van der Waals surface area contributed by atoms with E-state index in [9.17, 15) is 15.3 Å². The molecule has 3 atom stereocenters. The zero-order chi connectivity index (χ0) is 17.7. The number of aliphatic hydroxyl groups is 4. The summed E-state index contributed by atoms with van der Waals surface area (Å²) in [6.45, 7) is -0.700. The molecule has 0 bridgehead atoms. The predicted octanol–water partition coefficient (Wildman–Crippen LogP) is -1.09. The fraction of sp³-hybridized carbons (Fsp3) is 0.333. The Balaban J connectivity index is 1.94. The van der Waals surface area contributed by atoms with Crippen molar-refractivity contribution in [2.45, 2.75) is 18.3 Å². The molecule has 4 aromatic rings. The van der Waals surface area contributed by atoms with Gasteiger partial charge in [-0.15, -0.1) is 10.2 Å². The smallest absolute Gasteiger partial charge is 0.274 e. The topological polar surface area (TPSA) is 142 Å². The number of para-hydroxylation sites is 1. The average Bonchev–Trinajstić information content (AvgIpc) is 3.18. The maximum Gasteiger partial charge on any atom is 0.274 e. The molecule has 0 saturated heterocycles. The third kappa shape index (κ3) is 2.27. The molecule has 0 spiro atoms. The molecule has 10 nitrogen and oxygen atoms in total. The Hall–Kier alpha value is -2.66. The van der Waals surface area contributed by atoms with Gasteiger partial charge in [0.2, 0.25) is 0 Å². The molecule has 130 valence electrons. The molecule has 4 N–H and O–H groups in total. The van der Waals surface area contributed by atoms with E-state index in [-0.39, 0.29) is 11.6 Å². The van der Waals surface area contributed by atoms with E-state index < -0.39 is 24.9 Å². The summed E-state index contributed by atoms with van der Waals surface area (Å²) in [5.74, 6) is 0.0791. The van der Waals surface area contributed by atoms with Gasteiger partial charge < -0.3 is 25.0 Å². The van der Waals surface area contributed by atoms with Gasteiger partial charge in [-0.05, 0) is 6.07 Å². The van der Waals surface area contributed by atoms with Crippen LogP contribution in [0, 0.1) is 0 Å². The first kappa shape index (κ1) is 15.8. The lowest BCUT2D eigenvalue weighted by atomic mass is 10.1. The van der Waals surface area contributed by atoms with Gasteiger partial charge in [0.15, 0.2) is 11.5 Å². The van der Waals surface area contributed by atoms with Crippen LogP contribution in [0.4, 0.5) is 0 Å². The van der Waals surface area contributed by atoms with Crippen molar-refractivity contribution in [2.24, 2.45) is 7.05 Å². The number of nitrogens with zero attached hydrogens (tertiary/aromatic N) is 6. The first-order valence-electron chi connectivity index (χ1n) is 7.64. The van der Waals surface area contributed by atoms with Crippen molar-refractivity contribution in [2.75, 3.05) is 6.61 Å². The molecular formula is C15H16N6O4. The Kier molecular flexibility index (Phi) is 3.62. The van der Waals surface area contributed by atoms with Crippen molar-refractivity contribution < 1.29 is 20.4 Å². The van der Waals surface area contributed by atoms with Gasteiger partial charge in [-0.25, -0.2) is 0 Å². The van der Waals surface area contributed by atoms with Crippen LogP contribution in [0.2, 0.25) is 0 Å². The number of benzene rings is 1. The number of aromatic nitrogens is 6. The second kappa shape index (κ2) is 5.70. The highest BCUT2D eigenvalue weighted by molar-refractivity contribution is 6.04. The van der Waals surface area contributed by atoms with Crippen molar-refractivity contribution in [1.29, 1.82) is 0 Å². The maximum atomic E-state index is 10.3. The van der Waals surface area contributed by atoms with E-state index in [2.05, 4.69) is 20.3 Å². The normalized spacial score (nSPS) is 15.9. The van der Waals surface area contributed by atoms with Crippen LogP contribution in [0.1, 0.15) is 11.9 Å². The largest absolute Gasteiger partial charge is 0.394 e. The average molecular weight is 344 g/mol. The maximum absolute atomic E-state index is 10.3. The van der Waals surface area contributed by atoms with Crippen molar-refractivity contribution in [3.05, 3.63) is 30.1 Å². The van der Waals surface area contributed by atoms with Gasteiger partial charge in [-0.2, -0.15) is 14.6 Å². The Morgan fingerprint density at radius 1 is 1.12 bits per heavy atom. The molecule has 10 heteroatoms. The standard InChI is InChI=1S/C15H16N6O4/c1-20-8-5-3-2-4-7(8)10-13(20)16-15-18-17-14(21(15)19-10)12(25)11(24)9(23)6-22/h2-5,9,11-12,22-25H,6H2,1H3/t9-,11-,12-/m1/s1. The SMILES string of the molecule is Cn1c2ccccc2c2nn3c([C@H](O)[C@H](O)[C@H](O)CO)nnc3nc21. The molecule has 3 aromatic heterocycles. The highest BCUT2D eigenvalue weighted by Crippen LogP contribution is 2.26. The molecule has 0 amide bonds. The van der Waals surface area contributed by atoms with Crippen LogP contribution in [-0.4, -0.2) is 68.6 Å². The minimum Gasteiger partial charge on any atom is -0.394 e. The van der Waals surface area contributed by atoms with Crippen molar-refractivity contribution in [3.63, 3.8) is 0 Å². The molecule has 0 unspecified atom stereocenters. The first-order chi connectivity index (χ1) is 12.0. The minimum atomic E-state index is -1.64. The van der Waals surface area contributed by atoms with Crippen LogP contribution in [0.15, 0.2) is 24.3 Å². The summed E-state index contributed by atoms with van der Waals surface area (Å²) in [5, 5.41) is 51.7. The third-order valence-electron chi connectivity index (χ3n) is 4.27. The van der Waals surface area contributed by atoms with Gasteiger partial charge in [0.05, 0.1) is 12.1 Å². The Bertz CT molecular complexity index is 1070. The Morgan fingerprint density at radius 3 is 2.64 bits per heavy atom. The molecular weight excluding hydrogens is 328 g/mol. The van der Waals surface area contributed by atoms with Gasteiger partial charge in [-0.1, -0.05) is 18.2 Å². The number of fused-ring (bicyclic) bond motifs is 4. The molecule has 25 heavy (non-hydrogen) atoms. The van der Waals surface area contributed by atoms with E-state index >= 15 is 0 Å². The summed E-state index contributed by atoms with van der Waals surface area (Å²) in [6, 6.07) is 7.65. The Labute approximate surface area is 140 Å². The number of hydrogen-bond donors (Lipinski definition) is 4. The summed E-state index contributed by atoms with van der Waals surface area (Å²) in [4.78, 5) is 4.43. The predicted molar refractivity (Wildman–Crippen MR) is 86.6 cm³/mol. The number of hydrogen-bond acceptors (Lipinski definition) is 8. The van der Waals surface area contributed by atoms with E-state index in [1.54, 1.807) is 0 Å². The van der Waals surface area contributed by atoms with Crippen LogP contribution in [-0.2, 0) is 7.05 Å². The lowest BCUT2D eigenvalue weighted by Gasteiger charge is -2.19. The zero-order valence-electron chi connectivity index (χ0n) is 13.2. The van der Waals surface area contributed by atoms with Gasteiger partial charge in [-0.3, -0.25) is 0 Å². The quantitative estimate of drug-likeness (QED) is 0.366. The second-order valence-electron chi connectivity index (χ2n) is 5.82. The number of aryl methyl sites for hydroxylation is 1. The first-order valence-corrected chi connectivity index (χ1v) is 7.64. The highest BCUT2D eigenvalue weighted by atomic mass is 16.4. The van der Waals surface area contributed by atoms with Gasteiger partial charge in [0, 0.05) is 12.4 Å². The lowest BCUT2D eigenvalue weighted by Crippen LogP contribution is -2.35. The van der Waals surface area contributed by atoms with E-state index in [0.29, 0.717) is 11.2 Å². The molecule has 0 aliphatic heterocycles. The fourth-order valence-corrected chi connectivity index (χ4v) is 2.89. The monoisotopic (exact) mass is 344 g/mol. The summed E-state index contributed by atoms with van der Waals surface area (Å²) in [5.41, 5.74) is 2.14. The van der Waals surface area contributed by atoms with Crippen molar-refractivity contribution in [1.82, 2.24) is 29.4 Å². The summed E-state index contributed by atoms with van der Waals surface area (Å²) < 4.78 is 3.11. The van der Waals surface area contributed by atoms with Crippen molar-refractivity contribution in [3.8, 4) is 0 Å². The summed E-state index contributed by atoms with van der Waals surface area (Å²) in [6.07, 6.45) is -4.74. The van der Waals surface area contributed by atoms with E-state index in [0.717, 1.165) is 10.9 Å². The number of aliphatic hydroxyl groups excluding tert-OH is 4. The third-order valence-corrected chi connectivity index (χ3v) is 4.27. The molecule has 0 fully saturated rings. The highest BCUT2D eigenvalue weighted by Gasteiger charge is 2.30. The molecule has 0 aliphatic carbocycles. The molecule has 4 rings (SSSR count). The van der Waals surface area contributed by atoms with E-state index in [1.165, 1.54) is 4.52 Å². The summed E-state index contributed by atoms with van der Waals surface area (Å²) >= 11 is 0. The molecule has 0 aliphatic rings. The minimum absolute atomic E-state index is 0.0719. The van der Waals surface area contributed by atoms with Crippen molar-refractivity contribution >= 4 is 27.8 Å². The molecule has 3 heterocycles. The van der Waals surface area contributed by atoms with E-state index in [1.807, 2.05) is 35.9 Å². The van der Waals surface area contributed by atoms with Gasteiger partial charge >= 0.3 is 0 Å². The van der Waals surface area contributed by atoms with Crippen LogP contribution >= 0.6 is 0 Å². The molecule has 1 aromatic carbocycles. The van der Waals surface area contributed by atoms with Crippen LogP contribution in [0.5, 0.6) is 0 Å². The lowest BCUT2D eigenvalue weighted by molar-refractivity contribution is -0.0808. The van der Waals surface area contributed by atoms with Gasteiger partial charge in [0.25, 0.3) is 5.78 Å².